The molecule has 216 valence electrons. The van der Waals surface area contributed by atoms with E-state index in [9.17, 15) is 24.3 Å². The fourth-order valence-corrected chi connectivity index (χ4v) is 3.70. The number of carboxylic acids is 2. The Bertz CT molecular complexity index is 1280. The molecule has 1 heterocycles. The van der Waals surface area contributed by atoms with Crippen molar-refractivity contribution in [2.45, 2.75) is 50.8 Å². The highest BCUT2D eigenvalue weighted by Crippen LogP contribution is 2.45. The van der Waals surface area contributed by atoms with Crippen molar-refractivity contribution in [2.24, 2.45) is 11.5 Å². The predicted molar refractivity (Wildman–Crippen MR) is 138 cm³/mol. The largest absolute Gasteiger partial charge is 0.513 e. The highest BCUT2D eigenvalue weighted by Gasteiger charge is 2.26. The van der Waals surface area contributed by atoms with Gasteiger partial charge in [-0.15, -0.1) is 0 Å². The van der Waals surface area contributed by atoms with Crippen molar-refractivity contribution < 1.29 is 57.9 Å². The number of hydrogen-bond acceptors (Lipinski definition) is 12. The molecule has 7 N–H and O–H groups in total. The number of aliphatic hydroxyl groups is 1. The molecule has 0 radical (unpaired) electrons. The second-order valence-corrected chi connectivity index (χ2v) is 8.85. The maximum absolute atomic E-state index is 12.5. The Morgan fingerprint density at radius 1 is 0.825 bits per heavy atom. The molecule has 2 aromatic carbocycles. The second-order valence-electron chi connectivity index (χ2n) is 8.85. The molecule has 0 aliphatic heterocycles. The first-order valence-electron chi connectivity index (χ1n) is 12.3. The maximum atomic E-state index is 12.5. The smallest absolute Gasteiger partial charge is 0.480 e. The molecule has 3 aromatic rings. The van der Waals surface area contributed by atoms with Gasteiger partial charge >= 0.3 is 24.2 Å². The Labute approximate surface area is 227 Å². The fourth-order valence-electron chi connectivity index (χ4n) is 3.70. The summed E-state index contributed by atoms with van der Waals surface area (Å²) in [6, 6.07) is 5.73. The number of benzene rings is 2. The number of carboxylic acid groups (broad SMARTS) is 2. The number of carbonyl (C=O) groups is 4. The van der Waals surface area contributed by atoms with Gasteiger partial charge in [-0.25, -0.2) is 9.59 Å². The van der Waals surface area contributed by atoms with Gasteiger partial charge in [0.05, 0.1) is 18.6 Å². The molecule has 3 rings (SSSR count). The molecule has 1 unspecified atom stereocenters. The third kappa shape index (κ3) is 7.59. The molecular formula is C26H30N2O12. The monoisotopic (exact) mass is 562 g/mol. The molecule has 14 heteroatoms. The van der Waals surface area contributed by atoms with Crippen LogP contribution in [0.4, 0.5) is 9.59 Å². The van der Waals surface area contributed by atoms with Gasteiger partial charge in [0.15, 0.2) is 17.1 Å². The Balaban J connectivity index is 1.85. The molecule has 1 aromatic heterocycles. The number of aliphatic hydroxyl groups excluding tert-OH is 1. The van der Waals surface area contributed by atoms with Crippen molar-refractivity contribution in [3.63, 3.8) is 0 Å². The van der Waals surface area contributed by atoms with E-state index in [0.29, 0.717) is 10.8 Å². The number of nitrogens with two attached hydrogens (primary N) is 2. The summed E-state index contributed by atoms with van der Waals surface area (Å²) < 4.78 is 26.8. The van der Waals surface area contributed by atoms with E-state index >= 15 is 0 Å². The lowest BCUT2D eigenvalue weighted by molar-refractivity contribution is -0.139. The van der Waals surface area contributed by atoms with Gasteiger partial charge in [0.2, 0.25) is 0 Å². The number of hydrogen-bond donors (Lipinski definition) is 5. The van der Waals surface area contributed by atoms with Crippen molar-refractivity contribution >= 4 is 46.0 Å². The van der Waals surface area contributed by atoms with E-state index in [4.69, 9.17) is 45.0 Å². The summed E-state index contributed by atoms with van der Waals surface area (Å²) in [5, 5.41) is 28.6. The molecule has 0 bridgehead atoms. The van der Waals surface area contributed by atoms with E-state index in [1.165, 1.54) is 13.0 Å². The average molecular weight is 563 g/mol. The number of ether oxygens (including phenoxy) is 4. The third-order valence-corrected chi connectivity index (χ3v) is 5.79. The minimum absolute atomic E-state index is 0.0110. The van der Waals surface area contributed by atoms with Crippen LogP contribution < -0.4 is 20.9 Å². The number of rotatable bonds is 13. The zero-order chi connectivity index (χ0) is 29.4. The van der Waals surface area contributed by atoms with Gasteiger partial charge in [0, 0.05) is 10.8 Å². The standard InChI is InChI=1S/C26H30N2O12/c1-13(29)19-12-16-20(39-25(34)36-10-4-8-17(27)23(30)31)14-6-2-3-7-15(14)21(22(16)38-19)40-26(35)37-11-5-9-18(28)24(32)33/h2-3,6-7,12-13,17-18,29H,4-5,8-11,27-28H2,1H3,(H,30,31)(H,32,33)/t13?,17-,18-/m0/s1. The summed E-state index contributed by atoms with van der Waals surface area (Å²) in [6.07, 6.45) is -2.70. The number of aliphatic carboxylic acids is 2. The van der Waals surface area contributed by atoms with Crippen LogP contribution in [0.25, 0.3) is 21.7 Å². The summed E-state index contributed by atoms with van der Waals surface area (Å²) >= 11 is 0. The van der Waals surface area contributed by atoms with Crippen molar-refractivity contribution in [1.82, 2.24) is 0 Å². The van der Waals surface area contributed by atoms with E-state index in [0.717, 1.165) is 0 Å². The first kappa shape index (κ1) is 30.1. The molecule has 0 amide bonds. The molecule has 40 heavy (non-hydrogen) atoms. The van der Waals surface area contributed by atoms with E-state index < -0.39 is 42.4 Å². The SMILES string of the molecule is CC(O)c1cc2c(OC(=O)OCCC[C@H](N)C(=O)O)c3ccccc3c(OC(=O)OCCC[C@H](N)C(=O)O)c2o1. The predicted octanol–water partition coefficient (Wildman–Crippen LogP) is 3.05. The molecular weight excluding hydrogens is 532 g/mol. The average Bonchev–Trinajstić information content (AvgIpc) is 3.36. The molecule has 0 saturated carbocycles. The van der Waals surface area contributed by atoms with Gasteiger partial charge in [0.1, 0.15) is 23.9 Å². The van der Waals surface area contributed by atoms with Crippen molar-refractivity contribution in [3.05, 3.63) is 36.1 Å². The van der Waals surface area contributed by atoms with Crippen LogP contribution in [-0.2, 0) is 19.1 Å². The van der Waals surface area contributed by atoms with Crippen LogP contribution >= 0.6 is 0 Å². The van der Waals surface area contributed by atoms with Gasteiger partial charge in [-0.1, -0.05) is 24.3 Å². The first-order valence-corrected chi connectivity index (χ1v) is 12.3. The van der Waals surface area contributed by atoms with Gasteiger partial charge in [-0.3, -0.25) is 9.59 Å². The van der Waals surface area contributed by atoms with Gasteiger partial charge in [-0.05, 0) is 38.7 Å². The third-order valence-electron chi connectivity index (χ3n) is 5.79. The molecule has 0 spiro atoms. The van der Waals surface area contributed by atoms with Crippen LogP contribution in [0.3, 0.4) is 0 Å². The van der Waals surface area contributed by atoms with Crippen molar-refractivity contribution in [1.29, 1.82) is 0 Å². The lowest BCUT2D eigenvalue weighted by Crippen LogP contribution is -2.30. The van der Waals surface area contributed by atoms with Crippen LogP contribution in [0.2, 0.25) is 0 Å². The van der Waals surface area contributed by atoms with Crippen LogP contribution in [0.1, 0.15) is 44.5 Å². The molecule has 0 fully saturated rings. The second kappa shape index (κ2) is 13.6. The van der Waals surface area contributed by atoms with Crippen LogP contribution in [0.5, 0.6) is 11.5 Å². The van der Waals surface area contributed by atoms with Gasteiger partial charge in [-0.2, -0.15) is 0 Å². The summed E-state index contributed by atoms with van der Waals surface area (Å²) in [5.41, 5.74) is 10.9. The fraction of sp³-hybridized carbons (Fsp3) is 0.385. The van der Waals surface area contributed by atoms with Gasteiger partial charge in [0.25, 0.3) is 0 Å². The highest BCUT2D eigenvalue weighted by atomic mass is 16.7. The first-order chi connectivity index (χ1) is 19.0. The number of carbonyl (C=O) groups excluding carboxylic acids is 2. The normalized spacial score (nSPS) is 13.4. The molecule has 0 saturated heterocycles. The lowest BCUT2D eigenvalue weighted by atomic mass is 10.1. The summed E-state index contributed by atoms with van der Waals surface area (Å²) in [7, 11) is 0. The number of furan rings is 1. The zero-order valence-corrected chi connectivity index (χ0v) is 21.5. The zero-order valence-electron chi connectivity index (χ0n) is 21.5. The Morgan fingerprint density at radius 2 is 1.30 bits per heavy atom. The maximum Gasteiger partial charge on any atom is 0.513 e. The van der Waals surface area contributed by atoms with E-state index in [-0.39, 0.29) is 67.1 Å². The summed E-state index contributed by atoms with van der Waals surface area (Å²) in [4.78, 5) is 46.6. The van der Waals surface area contributed by atoms with E-state index in [1.807, 2.05) is 0 Å². The van der Waals surface area contributed by atoms with E-state index in [1.54, 1.807) is 24.3 Å². The molecule has 14 nitrogen and oxygen atoms in total. The summed E-state index contributed by atoms with van der Waals surface area (Å²) in [5.74, 6) is -2.30. The number of fused-ring (bicyclic) bond motifs is 2. The lowest BCUT2D eigenvalue weighted by Gasteiger charge is -2.14. The van der Waals surface area contributed by atoms with Crippen LogP contribution in [0, 0.1) is 0 Å². The van der Waals surface area contributed by atoms with E-state index in [2.05, 4.69) is 0 Å². The minimum atomic E-state index is -1.17. The summed E-state index contributed by atoms with van der Waals surface area (Å²) in [6.45, 7) is 1.16. The van der Waals surface area contributed by atoms with Crippen LogP contribution in [0.15, 0.2) is 34.7 Å². The Morgan fingerprint density at radius 3 is 1.77 bits per heavy atom. The minimum Gasteiger partial charge on any atom is -0.480 e. The Hall–Kier alpha value is -4.40. The molecule has 0 aliphatic carbocycles. The van der Waals surface area contributed by atoms with Crippen molar-refractivity contribution in [2.75, 3.05) is 13.2 Å². The Kier molecular flexibility index (Phi) is 10.2. The highest BCUT2D eigenvalue weighted by molar-refractivity contribution is 6.10. The van der Waals surface area contributed by atoms with Gasteiger partial charge < -0.3 is 50.2 Å². The van der Waals surface area contributed by atoms with Crippen LogP contribution in [-0.4, -0.2) is 64.9 Å². The topological polar surface area (TPSA) is 231 Å². The molecule has 3 atom stereocenters. The van der Waals surface area contributed by atoms with Crippen molar-refractivity contribution in [3.8, 4) is 11.5 Å². The molecule has 0 aliphatic rings. The quantitative estimate of drug-likeness (QED) is 0.114.